The van der Waals surface area contributed by atoms with Gasteiger partial charge >= 0.3 is 17.9 Å². The summed E-state index contributed by atoms with van der Waals surface area (Å²) in [4.78, 5) is 37.9. The molecule has 0 N–H and O–H groups in total. The number of unbranched alkanes of at least 4 members (excludes halogenated alkanes) is 16. The summed E-state index contributed by atoms with van der Waals surface area (Å²) in [6, 6.07) is 0. The van der Waals surface area contributed by atoms with Crippen molar-refractivity contribution in [3.8, 4) is 0 Å². The molecule has 0 amide bonds. The molecule has 0 fully saturated rings. The van der Waals surface area contributed by atoms with Crippen LogP contribution in [0, 0.1) is 0 Å². The Morgan fingerprint density at radius 3 is 0.953 bits per heavy atom. The van der Waals surface area contributed by atoms with E-state index in [1.54, 1.807) is 0 Å². The smallest absolute Gasteiger partial charge is 0.306 e. The zero-order valence-corrected chi connectivity index (χ0v) is 41.3. The second kappa shape index (κ2) is 51.7. The summed E-state index contributed by atoms with van der Waals surface area (Å²) in [5.74, 6) is -0.948. The van der Waals surface area contributed by atoms with Crippen LogP contribution in [-0.4, -0.2) is 37.2 Å². The molecule has 0 aromatic rings. The average molecular weight is 887 g/mol. The third-order valence-corrected chi connectivity index (χ3v) is 10.5. The van der Waals surface area contributed by atoms with E-state index in [0.29, 0.717) is 19.3 Å². The third kappa shape index (κ3) is 49.1. The maximum Gasteiger partial charge on any atom is 0.306 e. The molecule has 64 heavy (non-hydrogen) atoms. The van der Waals surface area contributed by atoms with Gasteiger partial charge in [-0.2, -0.15) is 0 Å². The number of rotatable bonds is 45. The van der Waals surface area contributed by atoms with Crippen LogP contribution in [0.15, 0.2) is 109 Å². The summed E-state index contributed by atoms with van der Waals surface area (Å²) >= 11 is 0. The molecule has 0 saturated carbocycles. The van der Waals surface area contributed by atoms with E-state index in [-0.39, 0.29) is 31.1 Å². The molecule has 0 rings (SSSR count). The molecular weight excluding hydrogens is 793 g/mol. The summed E-state index contributed by atoms with van der Waals surface area (Å²) in [5.41, 5.74) is 0. The van der Waals surface area contributed by atoms with Crippen LogP contribution in [-0.2, 0) is 28.6 Å². The Hall–Kier alpha value is -3.93. The van der Waals surface area contributed by atoms with Crippen LogP contribution in [0.25, 0.3) is 0 Å². The first kappa shape index (κ1) is 60.1. The molecule has 1 unspecified atom stereocenters. The molecule has 362 valence electrons. The Bertz CT molecular complexity index is 1340. The van der Waals surface area contributed by atoms with Crippen LogP contribution in [0.2, 0.25) is 0 Å². The number of carbonyl (C=O) groups is 3. The van der Waals surface area contributed by atoms with Gasteiger partial charge in [-0.05, 0) is 103 Å². The molecule has 0 aromatic heterocycles. The summed E-state index contributed by atoms with van der Waals surface area (Å²) in [6.07, 6.45) is 69.4. The predicted octanol–water partition coefficient (Wildman–Crippen LogP) is 17.1. The minimum Gasteiger partial charge on any atom is -0.462 e. The average Bonchev–Trinajstić information content (AvgIpc) is 3.29. The van der Waals surface area contributed by atoms with Gasteiger partial charge in [0.15, 0.2) is 6.10 Å². The van der Waals surface area contributed by atoms with Crippen LogP contribution in [0.4, 0.5) is 0 Å². The molecular formula is C58H94O6. The fourth-order valence-electron chi connectivity index (χ4n) is 6.69. The lowest BCUT2D eigenvalue weighted by Crippen LogP contribution is -2.30. The van der Waals surface area contributed by atoms with E-state index in [9.17, 15) is 14.4 Å². The molecule has 0 aromatic carbocycles. The Morgan fingerprint density at radius 2 is 0.609 bits per heavy atom. The van der Waals surface area contributed by atoms with E-state index >= 15 is 0 Å². The van der Waals surface area contributed by atoms with Gasteiger partial charge in [0.2, 0.25) is 0 Å². The minimum atomic E-state index is -0.796. The zero-order valence-electron chi connectivity index (χ0n) is 41.3. The normalized spacial score (nSPS) is 13.0. The molecule has 0 heterocycles. The molecule has 6 heteroatoms. The minimum absolute atomic E-state index is 0.0946. The first-order valence-corrected chi connectivity index (χ1v) is 25.9. The molecule has 0 radical (unpaired) electrons. The van der Waals surface area contributed by atoms with E-state index in [1.807, 2.05) is 0 Å². The molecule has 0 bridgehead atoms. The van der Waals surface area contributed by atoms with E-state index < -0.39 is 6.10 Å². The number of esters is 3. The van der Waals surface area contributed by atoms with Crippen molar-refractivity contribution in [2.45, 2.75) is 226 Å². The standard InChI is InChI=1S/C58H94O6/c1-4-7-10-13-16-19-21-23-25-26-27-28-29-30-31-32-34-35-37-39-42-45-48-51-57(60)63-54-55(53-62-56(59)50-47-44-41-18-15-12-9-6-3)64-58(61)52-49-46-43-40-38-36-33-24-22-20-17-14-11-8-5-2/h7-8,10-11,16-17,19-20,23-25,27-28,30-31,33-35,55H,4-6,9,12-15,18,21-22,26,29,32,36-54H2,1-3H3/b10-7-,11-8-,19-16-,20-17-,25-23-,28-27-,31-30-,33-24-,35-34-. The van der Waals surface area contributed by atoms with Gasteiger partial charge in [-0.15, -0.1) is 0 Å². The highest BCUT2D eigenvalue weighted by Gasteiger charge is 2.19. The highest BCUT2D eigenvalue weighted by Crippen LogP contribution is 2.13. The third-order valence-electron chi connectivity index (χ3n) is 10.5. The van der Waals surface area contributed by atoms with Crippen LogP contribution >= 0.6 is 0 Å². The van der Waals surface area contributed by atoms with Crippen LogP contribution in [0.5, 0.6) is 0 Å². The Labute approximate surface area is 393 Å². The zero-order chi connectivity index (χ0) is 46.5. The summed E-state index contributed by atoms with van der Waals surface area (Å²) in [5, 5.41) is 0. The van der Waals surface area contributed by atoms with Crippen molar-refractivity contribution < 1.29 is 28.6 Å². The highest BCUT2D eigenvalue weighted by atomic mass is 16.6. The molecule has 0 aliphatic rings. The topological polar surface area (TPSA) is 78.9 Å². The molecule has 0 aliphatic carbocycles. The van der Waals surface area contributed by atoms with Gasteiger partial charge in [0.05, 0.1) is 0 Å². The molecule has 6 nitrogen and oxygen atoms in total. The van der Waals surface area contributed by atoms with Gasteiger partial charge in [0.25, 0.3) is 0 Å². The SMILES string of the molecule is CC/C=C\C/C=C\C/C=C\C/C=C\C/C=C\C/C=C\CCCCCCC(=O)OCC(COC(=O)CCCCCCCCCC)OC(=O)CCCCCCC/C=C\C/C=C\C/C=C\CC. The second-order valence-electron chi connectivity index (χ2n) is 16.7. The predicted molar refractivity (Wildman–Crippen MR) is 274 cm³/mol. The number of ether oxygens (including phenoxy) is 3. The largest absolute Gasteiger partial charge is 0.462 e. The number of allylic oxidation sites excluding steroid dienone is 18. The molecule has 1 atom stereocenters. The summed E-state index contributed by atoms with van der Waals surface area (Å²) < 4.78 is 16.7. The maximum atomic E-state index is 12.8. The highest BCUT2D eigenvalue weighted by molar-refractivity contribution is 5.71. The number of hydrogen-bond donors (Lipinski definition) is 0. The molecule has 0 aliphatic heterocycles. The van der Waals surface area contributed by atoms with Crippen molar-refractivity contribution in [2.75, 3.05) is 13.2 Å². The van der Waals surface area contributed by atoms with Crippen molar-refractivity contribution in [2.24, 2.45) is 0 Å². The van der Waals surface area contributed by atoms with Gasteiger partial charge in [0, 0.05) is 19.3 Å². The van der Waals surface area contributed by atoms with Crippen LogP contribution in [0.3, 0.4) is 0 Å². The van der Waals surface area contributed by atoms with Crippen LogP contribution < -0.4 is 0 Å². The number of hydrogen-bond acceptors (Lipinski definition) is 6. The molecule has 0 spiro atoms. The fraction of sp³-hybridized carbons (Fsp3) is 0.638. The maximum absolute atomic E-state index is 12.8. The van der Waals surface area contributed by atoms with Crippen molar-refractivity contribution in [1.29, 1.82) is 0 Å². The lowest BCUT2D eigenvalue weighted by atomic mass is 10.1. The molecule has 0 saturated heterocycles. The summed E-state index contributed by atoms with van der Waals surface area (Å²) in [7, 11) is 0. The first-order valence-electron chi connectivity index (χ1n) is 25.9. The van der Waals surface area contributed by atoms with Crippen LogP contribution in [0.1, 0.15) is 220 Å². The van der Waals surface area contributed by atoms with E-state index in [0.717, 1.165) is 148 Å². The van der Waals surface area contributed by atoms with Crippen molar-refractivity contribution >= 4 is 17.9 Å². The van der Waals surface area contributed by atoms with E-state index in [2.05, 4.69) is 130 Å². The lowest BCUT2D eigenvalue weighted by molar-refractivity contribution is -0.167. The second-order valence-corrected chi connectivity index (χ2v) is 16.7. The van der Waals surface area contributed by atoms with Crippen molar-refractivity contribution in [1.82, 2.24) is 0 Å². The van der Waals surface area contributed by atoms with E-state index in [4.69, 9.17) is 14.2 Å². The van der Waals surface area contributed by atoms with Gasteiger partial charge < -0.3 is 14.2 Å². The van der Waals surface area contributed by atoms with Gasteiger partial charge in [-0.25, -0.2) is 0 Å². The number of carbonyl (C=O) groups excluding carboxylic acids is 3. The fourth-order valence-corrected chi connectivity index (χ4v) is 6.69. The Morgan fingerprint density at radius 1 is 0.328 bits per heavy atom. The van der Waals surface area contributed by atoms with Gasteiger partial charge in [0.1, 0.15) is 13.2 Å². The monoisotopic (exact) mass is 887 g/mol. The van der Waals surface area contributed by atoms with Gasteiger partial charge in [-0.1, -0.05) is 207 Å². The Kier molecular flexibility index (Phi) is 48.5. The van der Waals surface area contributed by atoms with E-state index in [1.165, 1.54) is 32.1 Å². The van der Waals surface area contributed by atoms with Crippen molar-refractivity contribution in [3.63, 3.8) is 0 Å². The van der Waals surface area contributed by atoms with Gasteiger partial charge in [-0.3, -0.25) is 14.4 Å². The quantitative estimate of drug-likeness (QED) is 0.0262. The Balaban J connectivity index is 4.36. The van der Waals surface area contributed by atoms with Crippen molar-refractivity contribution in [3.05, 3.63) is 109 Å². The first-order chi connectivity index (χ1) is 31.5. The lowest BCUT2D eigenvalue weighted by Gasteiger charge is -2.18. The summed E-state index contributed by atoms with van der Waals surface area (Å²) in [6.45, 7) is 6.33.